The molecule has 186 valence electrons. The summed E-state index contributed by atoms with van der Waals surface area (Å²) in [6.07, 6.45) is 0. The first-order chi connectivity index (χ1) is 17.7. The maximum atomic E-state index is 12.9. The first-order valence-electron chi connectivity index (χ1n) is 10.9. The molecule has 1 amide bonds. The number of carbonyl (C=O) groups excluding carboxylic acids is 2. The quantitative estimate of drug-likeness (QED) is 0.229. The molecule has 0 heterocycles. The van der Waals surface area contributed by atoms with Crippen LogP contribution in [0.4, 0.5) is 11.4 Å². The van der Waals surface area contributed by atoms with Crippen molar-refractivity contribution in [2.24, 2.45) is 0 Å². The lowest BCUT2D eigenvalue weighted by molar-refractivity contribution is 0.0694. The van der Waals surface area contributed by atoms with E-state index in [4.69, 9.17) is 9.84 Å². The number of anilines is 2. The summed E-state index contributed by atoms with van der Waals surface area (Å²) in [5, 5.41) is 11.7. The highest BCUT2D eigenvalue weighted by molar-refractivity contribution is 7.92. The van der Waals surface area contributed by atoms with Gasteiger partial charge in [-0.15, -0.1) is 0 Å². The van der Waals surface area contributed by atoms with Gasteiger partial charge in [0.2, 0.25) is 0 Å². The summed E-state index contributed by atoms with van der Waals surface area (Å²) in [5.41, 5.74) is 0.747. The summed E-state index contributed by atoms with van der Waals surface area (Å²) in [7, 11) is -4.07. The highest BCUT2D eigenvalue weighted by atomic mass is 32.2. The molecule has 0 atom stereocenters. The average molecular weight is 517 g/mol. The van der Waals surface area contributed by atoms with E-state index in [0.717, 1.165) is 0 Å². The second-order valence-electron chi connectivity index (χ2n) is 7.75. The molecule has 0 aliphatic heterocycles. The number of ether oxygens (including phenoxy) is 1. The van der Waals surface area contributed by atoms with Gasteiger partial charge in [0, 0.05) is 16.9 Å². The molecule has 4 aromatic rings. The third-order valence-electron chi connectivity index (χ3n) is 5.10. The van der Waals surface area contributed by atoms with Crippen LogP contribution in [0.2, 0.25) is 0 Å². The minimum atomic E-state index is -4.07. The third-order valence-corrected chi connectivity index (χ3v) is 6.48. The monoisotopic (exact) mass is 516 g/mol. The first kappa shape index (κ1) is 25.1. The molecule has 4 aromatic carbocycles. The van der Waals surface area contributed by atoms with Gasteiger partial charge in [-0.3, -0.25) is 9.52 Å². The predicted molar refractivity (Wildman–Crippen MR) is 136 cm³/mol. The molecule has 0 fully saturated rings. The second kappa shape index (κ2) is 10.8. The van der Waals surface area contributed by atoms with E-state index >= 15 is 0 Å². The number of carboxylic acid groups (broad SMARTS) is 1. The van der Waals surface area contributed by atoms with Crippen LogP contribution in [0.3, 0.4) is 0 Å². The molecule has 9 nitrogen and oxygen atoms in total. The van der Waals surface area contributed by atoms with Crippen LogP contribution in [0.25, 0.3) is 0 Å². The van der Waals surface area contributed by atoms with Crippen molar-refractivity contribution in [3.63, 3.8) is 0 Å². The van der Waals surface area contributed by atoms with E-state index in [-0.39, 0.29) is 33.0 Å². The Labute approximate surface area is 212 Å². The molecule has 0 unspecified atom stereocenters. The van der Waals surface area contributed by atoms with Crippen LogP contribution in [0.5, 0.6) is 5.75 Å². The maximum Gasteiger partial charge on any atom is 0.343 e. The van der Waals surface area contributed by atoms with Crippen molar-refractivity contribution < 1.29 is 32.6 Å². The molecular formula is C27H20N2O7S. The van der Waals surface area contributed by atoms with E-state index in [1.807, 2.05) is 0 Å². The fourth-order valence-electron chi connectivity index (χ4n) is 3.28. The highest BCUT2D eigenvalue weighted by Crippen LogP contribution is 2.20. The van der Waals surface area contributed by atoms with Crippen molar-refractivity contribution >= 4 is 39.2 Å². The van der Waals surface area contributed by atoms with Crippen LogP contribution < -0.4 is 14.8 Å². The Morgan fingerprint density at radius 2 is 1.35 bits per heavy atom. The standard InChI is InChI=1S/C27H20N2O7S/c30-25(28-22-8-4-7-20(16-22)26(31)32)19-6-5-11-24(17-19)37(34,35)29-21-14-12-18(13-15-21)27(33)36-23-9-2-1-3-10-23/h1-17,29H,(H,28,30)(H,31,32). The fourth-order valence-corrected chi connectivity index (χ4v) is 4.38. The molecule has 37 heavy (non-hydrogen) atoms. The minimum Gasteiger partial charge on any atom is -0.478 e. The number of aromatic carboxylic acids is 1. The predicted octanol–water partition coefficient (Wildman–Crippen LogP) is 4.66. The van der Waals surface area contributed by atoms with Gasteiger partial charge < -0.3 is 15.2 Å². The van der Waals surface area contributed by atoms with Crippen molar-refractivity contribution in [1.29, 1.82) is 0 Å². The smallest absolute Gasteiger partial charge is 0.343 e. The van der Waals surface area contributed by atoms with Crippen LogP contribution in [-0.2, 0) is 10.0 Å². The zero-order valence-electron chi connectivity index (χ0n) is 19.1. The van der Waals surface area contributed by atoms with Crippen LogP contribution in [0, 0.1) is 0 Å². The topological polar surface area (TPSA) is 139 Å². The number of carboxylic acids is 1. The lowest BCUT2D eigenvalue weighted by atomic mass is 10.2. The lowest BCUT2D eigenvalue weighted by Gasteiger charge is -2.11. The van der Waals surface area contributed by atoms with Crippen molar-refractivity contribution in [1.82, 2.24) is 0 Å². The summed E-state index contributed by atoms with van der Waals surface area (Å²) < 4.78 is 33.5. The molecule has 0 radical (unpaired) electrons. The summed E-state index contributed by atoms with van der Waals surface area (Å²) in [6, 6.07) is 25.3. The van der Waals surface area contributed by atoms with Crippen LogP contribution in [-0.4, -0.2) is 31.4 Å². The van der Waals surface area contributed by atoms with Gasteiger partial charge in [0.1, 0.15) is 5.75 Å². The Morgan fingerprint density at radius 1 is 0.676 bits per heavy atom. The van der Waals surface area contributed by atoms with Crippen molar-refractivity contribution in [3.05, 3.63) is 120 Å². The summed E-state index contributed by atoms with van der Waals surface area (Å²) in [4.78, 5) is 35.9. The molecule has 0 aliphatic rings. The number of rotatable bonds is 8. The number of benzene rings is 4. The van der Waals surface area contributed by atoms with Crippen LogP contribution in [0.1, 0.15) is 31.1 Å². The largest absolute Gasteiger partial charge is 0.478 e. The molecule has 0 saturated carbocycles. The number of sulfonamides is 1. The molecule has 0 bridgehead atoms. The van der Waals surface area contributed by atoms with Crippen LogP contribution >= 0.6 is 0 Å². The Morgan fingerprint density at radius 3 is 2.05 bits per heavy atom. The highest BCUT2D eigenvalue weighted by Gasteiger charge is 2.18. The van der Waals surface area contributed by atoms with Crippen molar-refractivity contribution in [3.8, 4) is 5.75 Å². The number of hydrogen-bond acceptors (Lipinski definition) is 6. The van der Waals surface area contributed by atoms with Gasteiger partial charge >= 0.3 is 11.9 Å². The van der Waals surface area contributed by atoms with E-state index in [0.29, 0.717) is 5.75 Å². The number of esters is 1. The van der Waals surface area contributed by atoms with Gasteiger partial charge in [-0.1, -0.05) is 30.3 Å². The Kier molecular flexibility index (Phi) is 7.31. The number of hydrogen-bond donors (Lipinski definition) is 3. The summed E-state index contributed by atoms with van der Waals surface area (Å²) >= 11 is 0. The zero-order valence-corrected chi connectivity index (χ0v) is 19.9. The Hall–Kier alpha value is -4.96. The molecule has 4 rings (SSSR count). The van der Waals surface area contributed by atoms with E-state index in [1.54, 1.807) is 30.3 Å². The molecule has 3 N–H and O–H groups in total. The lowest BCUT2D eigenvalue weighted by Crippen LogP contribution is -2.16. The van der Waals surface area contributed by atoms with E-state index in [1.165, 1.54) is 72.8 Å². The van der Waals surface area contributed by atoms with E-state index in [2.05, 4.69) is 10.0 Å². The number of para-hydroxylation sites is 1. The zero-order chi connectivity index (χ0) is 26.4. The Bertz CT molecular complexity index is 1570. The van der Waals surface area contributed by atoms with Gasteiger partial charge in [-0.05, 0) is 72.8 Å². The van der Waals surface area contributed by atoms with Gasteiger partial charge in [-0.2, -0.15) is 0 Å². The number of carbonyl (C=O) groups is 3. The van der Waals surface area contributed by atoms with Crippen molar-refractivity contribution in [2.45, 2.75) is 4.90 Å². The molecule has 0 saturated heterocycles. The van der Waals surface area contributed by atoms with Gasteiger partial charge in [0.15, 0.2) is 0 Å². The third kappa shape index (κ3) is 6.38. The van der Waals surface area contributed by atoms with Gasteiger partial charge in [0.05, 0.1) is 16.0 Å². The average Bonchev–Trinajstić information content (AvgIpc) is 2.89. The maximum absolute atomic E-state index is 12.9. The van der Waals surface area contributed by atoms with E-state index < -0.39 is 27.9 Å². The summed E-state index contributed by atoms with van der Waals surface area (Å²) in [5.74, 6) is -1.96. The van der Waals surface area contributed by atoms with Gasteiger partial charge in [0.25, 0.3) is 15.9 Å². The number of nitrogens with one attached hydrogen (secondary N) is 2. The van der Waals surface area contributed by atoms with Crippen LogP contribution in [0.15, 0.2) is 108 Å². The SMILES string of the molecule is O=C(O)c1cccc(NC(=O)c2cccc(S(=O)(=O)Nc3ccc(C(=O)Oc4ccccc4)cc3)c2)c1. The molecule has 10 heteroatoms. The number of amides is 1. The fraction of sp³-hybridized carbons (Fsp3) is 0. The van der Waals surface area contributed by atoms with Gasteiger partial charge in [-0.25, -0.2) is 18.0 Å². The molecule has 0 aliphatic carbocycles. The normalized spacial score (nSPS) is 10.8. The summed E-state index contributed by atoms with van der Waals surface area (Å²) in [6.45, 7) is 0. The molecule has 0 aromatic heterocycles. The first-order valence-corrected chi connectivity index (χ1v) is 12.3. The van der Waals surface area contributed by atoms with E-state index in [9.17, 15) is 22.8 Å². The minimum absolute atomic E-state index is 0.00215. The van der Waals surface area contributed by atoms with Crippen molar-refractivity contribution in [2.75, 3.05) is 10.0 Å². The second-order valence-corrected chi connectivity index (χ2v) is 9.44. The molecular weight excluding hydrogens is 496 g/mol. The molecule has 0 spiro atoms. The Balaban J connectivity index is 1.45.